The SMILES string of the molecule is O=C1c2c(O)ccc(O)c2C(=O)c2c(NCCNCCO)ccc(NCCNCCO)c21.[Ca+2].[H-].[H-]. The third kappa shape index (κ3) is 6.15. The molecule has 0 bridgehead atoms. The molecule has 0 spiro atoms. The van der Waals surface area contributed by atoms with Gasteiger partial charge in [0.25, 0.3) is 0 Å². The number of ketones is 2. The summed E-state index contributed by atoms with van der Waals surface area (Å²) in [5, 5.41) is 50.6. The van der Waals surface area contributed by atoms with Gasteiger partial charge in [-0.2, -0.15) is 0 Å². The van der Waals surface area contributed by atoms with E-state index in [4.69, 9.17) is 10.2 Å². The number of rotatable bonds is 12. The average Bonchev–Trinajstić information content (AvgIpc) is 2.78. The Morgan fingerprint density at radius 1 is 0.606 bits per heavy atom. The van der Waals surface area contributed by atoms with Gasteiger partial charge in [0, 0.05) is 50.6 Å². The number of anilines is 2. The molecule has 2 aromatic carbocycles. The van der Waals surface area contributed by atoms with Crippen molar-refractivity contribution in [2.24, 2.45) is 0 Å². The molecule has 1 aliphatic carbocycles. The fourth-order valence-corrected chi connectivity index (χ4v) is 3.64. The Balaban J connectivity index is 0.00000385. The van der Waals surface area contributed by atoms with Crippen molar-refractivity contribution < 1.29 is 32.9 Å². The number of carbonyl (C=O) groups excluding carboxylic acids is 2. The van der Waals surface area contributed by atoms with Crippen molar-refractivity contribution in [1.29, 1.82) is 0 Å². The van der Waals surface area contributed by atoms with Crippen LogP contribution >= 0.6 is 0 Å². The number of aliphatic hydroxyl groups excluding tert-OH is 2. The molecule has 2 aromatic rings. The van der Waals surface area contributed by atoms with Crippen LogP contribution in [0.25, 0.3) is 0 Å². The summed E-state index contributed by atoms with van der Waals surface area (Å²) < 4.78 is 0. The number of aliphatic hydroxyl groups is 2. The van der Waals surface area contributed by atoms with Gasteiger partial charge in [0.15, 0.2) is 0 Å². The fraction of sp³-hybridized carbons (Fsp3) is 0.364. The zero-order valence-corrected chi connectivity index (χ0v) is 20.5. The van der Waals surface area contributed by atoms with Gasteiger partial charge in [-0.3, -0.25) is 9.59 Å². The van der Waals surface area contributed by atoms with Gasteiger partial charge in [0.1, 0.15) is 11.5 Å². The van der Waals surface area contributed by atoms with Crippen LogP contribution in [-0.2, 0) is 0 Å². The Bertz CT molecular complexity index is 934. The summed E-state index contributed by atoms with van der Waals surface area (Å²) in [5.41, 5.74) is 0.678. The molecule has 0 aliphatic heterocycles. The van der Waals surface area contributed by atoms with Crippen LogP contribution in [0.2, 0.25) is 0 Å². The van der Waals surface area contributed by atoms with Crippen molar-refractivity contribution in [3.8, 4) is 11.5 Å². The zero-order valence-electron chi connectivity index (χ0n) is 20.3. The van der Waals surface area contributed by atoms with Crippen molar-refractivity contribution in [1.82, 2.24) is 10.6 Å². The number of phenols is 2. The third-order valence-electron chi connectivity index (χ3n) is 5.09. The summed E-state index contributed by atoms with van der Waals surface area (Å²) in [4.78, 5) is 26.7. The van der Waals surface area contributed by atoms with Gasteiger partial charge in [-0.25, -0.2) is 0 Å². The number of hydrogen-bond acceptors (Lipinski definition) is 10. The normalized spacial score (nSPS) is 12.1. The van der Waals surface area contributed by atoms with Gasteiger partial charge in [-0.1, -0.05) is 0 Å². The molecule has 33 heavy (non-hydrogen) atoms. The van der Waals surface area contributed by atoms with Crippen molar-refractivity contribution in [3.63, 3.8) is 0 Å². The Labute approximate surface area is 224 Å². The summed E-state index contributed by atoms with van der Waals surface area (Å²) in [6.45, 7) is 2.81. The van der Waals surface area contributed by atoms with Crippen LogP contribution in [0.3, 0.4) is 0 Å². The molecule has 11 heteroatoms. The number of aromatic hydroxyl groups is 2. The van der Waals surface area contributed by atoms with E-state index >= 15 is 0 Å². The zero-order chi connectivity index (χ0) is 23.1. The molecule has 0 radical (unpaired) electrons. The molecule has 0 aromatic heterocycles. The molecule has 3 rings (SSSR count). The van der Waals surface area contributed by atoms with E-state index in [2.05, 4.69) is 21.3 Å². The summed E-state index contributed by atoms with van der Waals surface area (Å²) in [6, 6.07) is 5.74. The van der Waals surface area contributed by atoms with Crippen LogP contribution in [0, 0.1) is 0 Å². The second-order valence-electron chi connectivity index (χ2n) is 7.22. The van der Waals surface area contributed by atoms with E-state index in [-0.39, 0.29) is 87.6 Å². The Morgan fingerprint density at radius 3 is 1.36 bits per heavy atom. The smallest absolute Gasteiger partial charge is 1.00 e. The van der Waals surface area contributed by atoms with E-state index in [9.17, 15) is 19.8 Å². The molecule has 8 N–H and O–H groups in total. The van der Waals surface area contributed by atoms with Crippen LogP contribution in [0.15, 0.2) is 24.3 Å². The third-order valence-corrected chi connectivity index (χ3v) is 5.09. The van der Waals surface area contributed by atoms with Gasteiger partial charge in [0.2, 0.25) is 11.6 Å². The van der Waals surface area contributed by atoms with Gasteiger partial charge in [0.05, 0.1) is 35.5 Å². The molecule has 176 valence electrons. The summed E-state index contributed by atoms with van der Waals surface area (Å²) >= 11 is 0. The first-order valence-corrected chi connectivity index (χ1v) is 10.4. The van der Waals surface area contributed by atoms with Crippen LogP contribution in [0.1, 0.15) is 34.7 Å². The van der Waals surface area contributed by atoms with Gasteiger partial charge < -0.3 is 44.5 Å². The molecular formula is C22H30CaN4O6. The van der Waals surface area contributed by atoms with Crippen molar-refractivity contribution in [2.45, 2.75) is 0 Å². The maximum absolute atomic E-state index is 13.4. The minimum atomic E-state index is -0.559. The molecular weight excluding hydrogens is 456 g/mol. The van der Waals surface area contributed by atoms with Crippen LogP contribution < -0.4 is 21.3 Å². The summed E-state index contributed by atoms with van der Waals surface area (Å²) in [6.07, 6.45) is 0. The first kappa shape index (κ1) is 27.3. The van der Waals surface area contributed by atoms with Gasteiger partial charge in [-0.15, -0.1) is 0 Å². The first-order valence-electron chi connectivity index (χ1n) is 10.4. The van der Waals surface area contributed by atoms with Gasteiger partial charge >= 0.3 is 37.7 Å². The topological polar surface area (TPSA) is 163 Å². The molecule has 0 amide bonds. The largest absolute Gasteiger partial charge is 2.00 e. The van der Waals surface area contributed by atoms with Crippen LogP contribution in [-0.4, -0.2) is 122 Å². The predicted octanol–water partition coefficient (Wildman–Crippen LogP) is -0.295. The Kier molecular flexibility index (Phi) is 10.8. The van der Waals surface area contributed by atoms with E-state index in [1.165, 1.54) is 12.1 Å². The van der Waals surface area contributed by atoms with Crippen molar-refractivity contribution >= 4 is 60.7 Å². The minimum Gasteiger partial charge on any atom is -1.00 e. The van der Waals surface area contributed by atoms with E-state index < -0.39 is 11.6 Å². The first-order chi connectivity index (χ1) is 15.5. The Morgan fingerprint density at radius 2 is 1.00 bits per heavy atom. The number of nitrogens with one attached hydrogen (secondary N) is 4. The van der Waals surface area contributed by atoms with Crippen molar-refractivity contribution in [3.05, 3.63) is 46.5 Å². The number of carbonyl (C=O) groups is 2. The van der Waals surface area contributed by atoms with Crippen LogP contribution in [0.4, 0.5) is 11.4 Å². The number of hydrogen-bond donors (Lipinski definition) is 8. The standard InChI is InChI=1S/C22H28N4O6.Ca.2H/c27-11-9-23-5-7-25-13-1-2-14(26-8-6-24-10-12-28)18-17(13)21(31)19-15(29)3-4-16(30)20(19)22(18)32;;;/h1-4,23-30H,5-12H2;;;/q;+2;2*-1. The average molecular weight is 487 g/mol. The summed E-state index contributed by atoms with van der Waals surface area (Å²) in [5.74, 6) is -1.86. The maximum atomic E-state index is 13.4. The number of fused-ring (bicyclic) bond motifs is 2. The fourth-order valence-electron chi connectivity index (χ4n) is 3.64. The van der Waals surface area contributed by atoms with Crippen molar-refractivity contribution in [2.75, 3.05) is 63.1 Å². The van der Waals surface area contributed by atoms with E-state index in [1.807, 2.05) is 0 Å². The number of benzene rings is 2. The van der Waals surface area contributed by atoms with Crippen LogP contribution in [0.5, 0.6) is 11.5 Å². The van der Waals surface area contributed by atoms with E-state index in [0.29, 0.717) is 50.6 Å². The summed E-state index contributed by atoms with van der Waals surface area (Å²) in [7, 11) is 0. The van der Waals surface area contributed by atoms with E-state index in [0.717, 1.165) is 0 Å². The molecule has 10 nitrogen and oxygen atoms in total. The monoisotopic (exact) mass is 486 g/mol. The Hall–Kier alpha value is -1.92. The van der Waals surface area contributed by atoms with E-state index in [1.54, 1.807) is 12.1 Å². The maximum Gasteiger partial charge on any atom is 2.00 e. The molecule has 0 saturated carbocycles. The minimum absolute atomic E-state index is 0. The second kappa shape index (κ2) is 13.1. The second-order valence-corrected chi connectivity index (χ2v) is 7.22. The van der Waals surface area contributed by atoms with Gasteiger partial charge in [-0.05, 0) is 24.3 Å². The molecule has 0 saturated heterocycles. The number of phenolic OH excluding ortho intramolecular Hbond substituents is 2. The molecule has 0 atom stereocenters. The molecule has 0 heterocycles. The molecule has 0 fully saturated rings. The molecule has 0 unspecified atom stereocenters. The molecule has 1 aliphatic rings. The predicted molar refractivity (Wildman–Crippen MR) is 128 cm³/mol. The quantitative estimate of drug-likeness (QED) is 0.0969.